The van der Waals surface area contributed by atoms with Gasteiger partial charge in [0.05, 0.1) is 28.9 Å². The van der Waals surface area contributed by atoms with E-state index in [1.54, 1.807) is 18.3 Å². The van der Waals surface area contributed by atoms with Crippen molar-refractivity contribution >= 4 is 33.0 Å². The van der Waals surface area contributed by atoms with Crippen LogP contribution < -0.4 is 31.0 Å². The molecule has 0 aliphatic heterocycles. The van der Waals surface area contributed by atoms with E-state index >= 15 is 0 Å². The summed E-state index contributed by atoms with van der Waals surface area (Å²) < 4.78 is 43.2. The van der Waals surface area contributed by atoms with Crippen LogP contribution in [-0.2, 0) is 16.3 Å². The van der Waals surface area contributed by atoms with Gasteiger partial charge in [-0.15, -0.1) is 0 Å². The molecule has 0 saturated carbocycles. The van der Waals surface area contributed by atoms with Gasteiger partial charge in [0.1, 0.15) is 12.4 Å². The van der Waals surface area contributed by atoms with Crippen LogP contribution in [0.2, 0.25) is 0 Å². The second kappa shape index (κ2) is 12.6. The lowest BCUT2D eigenvalue weighted by atomic mass is 10.1. The topological polar surface area (TPSA) is 195 Å². The maximum atomic E-state index is 13.1. The van der Waals surface area contributed by atoms with E-state index < -0.39 is 14.8 Å². The first kappa shape index (κ1) is 29.9. The fraction of sp³-hybridized carbons (Fsp3) is 0.214. The highest BCUT2D eigenvalue weighted by Crippen LogP contribution is 2.39. The summed E-state index contributed by atoms with van der Waals surface area (Å²) in [6.07, 6.45) is 2.00. The van der Waals surface area contributed by atoms with Crippen molar-refractivity contribution in [2.75, 3.05) is 44.2 Å². The van der Waals surface area contributed by atoms with Crippen molar-refractivity contribution < 1.29 is 27.6 Å². The lowest BCUT2D eigenvalue weighted by Crippen LogP contribution is -2.13. The van der Waals surface area contributed by atoms with E-state index in [9.17, 15) is 18.5 Å². The summed E-state index contributed by atoms with van der Waals surface area (Å²) in [5.41, 5.74) is 13.9. The van der Waals surface area contributed by atoms with E-state index in [1.165, 1.54) is 51.5 Å². The largest absolute Gasteiger partial charge is 0.493 e. The molecule has 42 heavy (non-hydrogen) atoms. The Bertz CT molecular complexity index is 1690. The minimum atomic E-state index is -3.86. The maximum Gasteiger partial charge on any atom is 0.269 e. The first-order valence-corrected chi connectivity index (χ1v) is 14.1. The van der Waals surface area contributed by atoms with E-state index in [1.807, 2.05) is 12.1 Å². The molecule has 1 aromatic heterocycles. The number of ether oxygens (including phenoxy) is 3. The zero-order chi connectivity index (χ0) is 30.4. The molecule has 220 valence electrons. The summed E-state index contributed by atoms with van der Waals surface area (Å²) in [5.74, 6) is 1.75. The van der Waals surface area contributed by atoms with Crippen molar-refractivity contribution in [2.24, 2.45) is 0 Å². The first-order chi connectivity index (χ1) is 20.0. The standard InChI is InChI=1S/C28H30N6O7S/c1-17-12-21(34(35)36)6-9-25(17)42(37,38)22-7-4-20(5-8-22)31-10-11-41-26-23(39-2)14-18(15-24(26)40-3)13-19-16-32-28(30)33-27(19)29/h4-9,12,14-16,31H,10-11,13H2,1-3H3,(H4,29,30,32,33). The number of hydrogen-bond donors (Lipinski definition) is 3. The number of nitrogens with zero attached hydrogens (tertiary/aromatic N) is 3. The Morgan fingerprint density at radius 2 is 1.67 bits per heavy atom. The molecule has 13 nitrogen and oxygen atoms in total. The van der Waals surface area contributed by atoms with Crippen LogP contribution in [0.15, 0.2) is 70.6 Å². The molecule has 1 heterocycles. The van der Waals surface area contributed by atoms with Crippen LogP contribution in [0.3, 0.4) is 0 Å². The highest BCUT2D eigenvalue weighted by Gasteiger charge is 2.22. The van der Waals surface area contributed by atoms with Crippen LogP contribution in [0.5, 0.6) is 17.2 Å². The molecule has 0 aliphatic rings. The molecule has 14 heteroatoms. The molecule has 4 rings (SSSR count). The van der Waals surface area contributed by atoms with Crippen molar-refractivity contribution in [3.05, 3.63) is 87.6 Å². The Labute approximate surface area is 242 Å². The lowest BCUT2D eigenvalue weighted by Gasteiger charge is -2.17. The van der Waals surface area contributed by atoms with E-state index in [-0.39, 0.29) is 28.0 Å². The number of hydrogen-bond acceptors (Lipinski definition) is 12. The zero-order valence-electron chi connectivity index (χ0n) is 23.2. The summed E-state index contributed by atoms with van der Waals surface area (Å²) >= 11 is 0. The molecular formula is C28H30N6O7S. The summed E-state index contributed by atoms with van der Waals surface area (Å²) in [6, 6.07) is 13.5. The number of sulfone groups is 1. The highest BCUT2D eigenvalue weighted by atomic mass is 32.2. The maximum absolute atomic E-state index is 13.1. The van der Waals surface area contributed by atoms with Gasteiger partial charge in [-0.25, -0.2) is 13.4 Å². The number of aryl methyl sites for hydroxylation is 1. The normalized spacial score (nSPS) is 11.1. The van der Waals surface area contributed by atoms with Gasteiger partial charge >= 0.3 is 0 Å². The van der Waals surface area contributed by atoms with E-state index in [4.69, 9.17) is 25.7 Å². The van der Waals surface area contributed by atoms with Crippen molar-refractivity contribution in [1.29, 1.82) is 0 Å². The van der Waals surface area contributed by atoms with Gasteiger partial charge in [-0.1, -0.05) is 0 Å². The van der Waals surface area contributed by atoms with Crippen molar-refractivity contribution in [2.45, 2.75) is 23.1 Å². The number of nitro benzene ring substituents is 1. The third-order valence-corrected chi connectivity index (χ3v) is 8.26. The average Bonchev–Trinajstić information content (AvgIpc) is 2.96. The molecule has 0 aliphatic carbocycles. The van der Waals surface area contributed by atoms with Gasteiger partial charge in [-0.2, -0.15) is 4.98 Å². The zero-order valence-corrected chi connectivity index (χ0v) is 24.0. The molecular weight excluding hydrogens is 564 g/mol. The Hall–Kier alpha value is -5.11. The molecule has 0 spiro atoms. The first-order valence-electron chi connectivity index (χ1n) is 12.6. The number of non-ortho nitro benzene ring substituents is 1. The van der Waals surface area contributed by atoms with Gasteiger partial charge in [0.25, 0.3) is 5.69 Å². The van der Waals surface area contributed by atoms with Gasteiger partial charge in [0.2, 0.25) is 21.5 Å². The Balaban J connectivity index is 1.40. The monoisotopic (exact) mass is 594 g/mol. The van der Waals surface area contributed by atoms with Crippen LogP contribution in [-0.4, -0.2) is 50.7 Å². The molecule has 0 amide bonds. The van der Waals surface area contributed by atoms with Gasteiger partial charge in [-0.05, 0) is 60.5 Å². The fourth-order valence-electron chi connectivity index (χ4n) is 4.24. The number of aromatic nitrogens is 2. The van der Waals surface area contributed by atoms with Gasteiger partial charge in [0, 0.05) is 42.5 Å². The third kappa shape index (κ3) is 6.61. The lowest BCUT2D eigenvalue weighted by molar-refractivity contribution is -0.385. The summed E-state index contributed by atoms with van der Waals surface area (Å²) in [7, 11) is -0.804. The number of nitrogens with two attached hydrogens (primary N) is 2. The molecule has 0 fully saturated rings. The second-order valence-electron chi connectivity index (χ2n) is 9.15. The van der Waals surface area contributed by atoms with Crippen LogP contribution >= 0.6 is 0 Å². The molecule has 5 N–H and O–H groups in total. The van der Waals surface area contributed by atoms with Gasteiger partial charge in [0.15, 0.2) is 11.5 Å². The third-order valence-electron chi connectivity index (χ3n) is 6.33. The highest BCUT2D eigenvalue weighted by molar-refractivity contribution is 7.91. The number of benzene rings is 3. The van der Waals surface area contributed by atoms with Crippen molar-refractivity contribution in [1.82, 2.24) is 9.97 Å². The summed E-state index contributed by atoms with van der Waals surface area (Å²) in [6.45, 7) is 2.16. The Kier molecular flexibility index (Phi) is 8.96. The summed E-state index contributed by atoms with van der Waals surface area (Å²) in [4.78, 5) is 18.5. The van der Waals surface area contributed by atoms with E-state index in [0.717, 1.165) is 5.56 Å². The predicted octanol–water partition coefficient (Wildman–Crippen LogP) is 3.79. The molecule has 0 radical (unpaired) electrons. The quantitative estimate of drug-likeness (QED) is 0.122. The van der Waals surface area contributed by atoms with E-state index in [2.05, 4.69) is 15.3 Å². The van der Waals surface area contributed by atoms with Crippen molar-refractivity contribution in [3.8, 4) is 17.2 Å². The second-order valence-corrected chi connectivity index (χ2v) is 11.1. The van der Waals surface area contributed by atoms with Gasteiger partial charge in [-0.3, -0.25) is 10.1 Å². The Morgan fingerprint density at radius 1 is 1.00 bits per heavy atom. The minimum Gasteiger partial charge on any atom is -0.493 e. The molecule has 4 aromatic rings. The number of methoxy groups -OCH3 is 2. The predicted molar refractivity (Wildman–Crippen MR) is 157 cm³/mol. The number of nitrogen functional groups attached to an aromatic ring is 2. The molecule has 3 aromatic carbocycles. The van der Waals surface area contributed by atoms with Crippen LogP contribution in [0.1, 0.15) is 16.7 Å². The number of anilines is 3. The molecule has 0 bridgehead atoms. The van der Waals surface area contributed by atoms with E-state index in [0.29, 0.717) is 52.8 Å². The average molecular weight is 595 g/mol. The van der Waals surface area contributed by atoms with Crippen LogP contribution in [0.25, 0.3) is 0 Å². The minimum absolute atomic E-state index is 0.0152. The van der Waals surface area contributed by atoms with Crippen LogP contribution in [0, 0.1) is 17.0 Å². The van der Waals surface area contributed by atoms with Crippen molar-refractivity contribution in [3.63, 3.8) is 0 Å². The number of nitrogens with one attached hydrogen (secondary N) is 1. The van der Waals surface area contributed by atoms with Gasteiger partial charge < -0.3 is 31.0 Å². The molecule has 0 saturated heterocycles. The summed E-state index contributed by atoms with van der Waals surface area (Å²) in [5, 5.41) is 14.2. The smallest absolute Gasteiger partial charge is 0.269 e. The SMILES string of the molecule is COc1cc(Cc2cnc(N)nc2N)cc(OC)c1OCCNc1ccc(S(=O)(=O)c2ccc([N+](=O)[O-])cc2C)cc1. The van der Waals surface area contributed by atoms with Crippen LogP contribution in [0.4, 0.5) is 23.1 Å². The molecule has 0 atom stereocenters. The Morgan fingerprint density at radius 3 is 2.24 bits per heavy atom. The molecule has 0 unspecified atom stereocenters. The number of rotatable bonds is 12. The number of nitro groups is 1. The fourth-order valence-corrected chi connectivity index (χ4v) is 5.72.